The number of hydrogen-bond donors (Lipinski definition) is 1. The summed E-state index contributed by atoms with van der Waals surface area (Å²) in [5, 5.41) is 21.3. The van der Waals surface area contributed by atoms with E-state index >= 15 is 0 Å². The Labute approximate surface area is 92.8 Å². The maximum atomic E-state index is 11.3. The molecule has 0 saturated carbocycles. The molecule has 0 aliphatic heterocycles. The van der Waals surface area contributed by atoms with E-state index in [0.29, 0.717) is 0 Å². The van der Waals surface area contributed by atoms with Crippen LogP contribution in [-0.4, -0.2) is 14.8 Å². The fraction of sp³-hybridized carbons (Fsp3) is 0. The van der Waals surface area contributed by atoms with Gasteiger partial charge in [-0.3, -0.25) is 25.0 Å². The van der Waals surface area contributed by atoms with Gasteiger partial charge in [0.15, 0.2) is 0 Å². The van der Waals surface area contributed by atoms with Crippen LogP contribution < -0.4 is 5.56 Å². The predicted molar refractivity (Wildman–Crippen MR) is 57.9 cm³/mol. The molecule has 86 valence electrons. The normalized spacial score (nSPS) is 10.4. The smallest absolute Gasteiger partial charge is 0.316 e. The first-order chi connectivity index (χ1) is 8.00. The van der Waals surface area contributed by atoms with Crippen LogP contribution in [-0.2, 0) is 0 Å². The molecule has 1 aromatic heterocycles. The number of fused-ring (bicyclic) bond motifs is 1. The maximum Gasteiger partial charge on any atom is 0.334 e. The zero-order valence-electron chi connectivity index (χ0n) is 8.25. The zero-order chi connectivity index (χ0) is 12.6. The first-order valence-corrected chi connectivity index (χ1v) is 4.45. The Hall–Kier alpha value is -2.77. The quantitative estimate of drug-likeness (QED) is 0.622. The van der Waals surface area contributed by atoms with Crippen molar-refractivity contribution in [1.29, 1.82) is 0 Å². The van der Waals surface area contributed by atoms with Crippen LogP contribution in [0.3, 0.4) is 0 Å². The molecule has 0 saturated heterocycles. The number of nitrogens with zero attached hydrogens (tertiary/aromatic N) is 2. The highest BCUT2D eigenvalue weighted by Crippen LogP contribution is 2.25. The Morgan fingerprint density at radius 3 is 2.29 bits per heavy atom. The van der Waals surface area contributed by atoms with Crippen molar-refractivity contribution in [3.05, 3.63) is 54.8 Å². The van der Waals surface area contributed by atoms with Crippen LogP contribution in [0.25, 0.3) is 10.9 Å². The van der Waals surface area contributed by atoms with Crippen LogP contribution >= 0.6 is 0 Å². The summed E-state index contributed by atoms with van der Waals surface area (Å²) in [5.41, 5.74) is -1.70. The average molecular weight is 235 g/mol. The number of aromatic nitrogens is 1. The standard InChI is InChI=1S/C9H5N3O5/c13-9-8(12(16)17)4-5-6(10-9)2-1-3-7(5)11(14)15/h1-4H,(H,10,13). The van der Waals surface area contributed by atoms with Gasteiger partial charge in [-0.15, -0.1) is 0 Å². The van der Waals surface area contributed by atoms with E-state index in [2.05, 4.69) is 4.98 Å². The number of nitro groups is 2. The molecule has 1 heterocycles. The number of non-ortho nitro benzene ring substituents is 1. The molecule has 0 fully saturated rings. The van der Waals surface area contributed by atoms with Crippen LogP contribution in [0.5, 0.6) is 0 Å². The second-order valence-electron chi connectivity index (χ2n) is 3.24. The Bertz CT molecular complexity index is 691. The van der Waals surface area contributed by atoms with Gasteiger partial charge in [0.1, 0.15) is 0 Å². The van der Waals surface area contributed by atoms with Gasteiger partial charge in [0.2, 0.25) is 0 Å². The summed E-state index contributed by atoms with van der Waals surface area (Å²) in [7, 11) is 0. The minimum absolute atomic E-state index is 0.0313. The number of hydrogen-bond acceptors (Lipinski definition) is 5. The molecule has 0 spiro atoms. The summed E-state index contributed by atoms with van der Waals surface area (Å²) in [6, 6.07) is 4.95. The predicted octanol–water partition coefficient (Wildman–Crippen LogP) is 1.34. The zero-order valence-corrected chi connectivity index (χ0v) is 8.25. The number of nitrogens with one attached hydrogen (secondary N) is 1. The lowest BCUT2D eigenvalue weighted by Crippen LogP contribution is -2.11. The highest BCUT2D eigenvalue weighted by molar-refractivity contribution is 5.89. The molecule has 1 aromatic carbocycles. The van der Waals surface area contributed by atoms with E-state index in [0.717, 1.165) is 6.07 Å². The van der Waals surface area contributed by atoms with Crippen LogP contribution in [0, 0.1) is 20.2 Å². The number of benzene rings is 1. The SMILES string of the molecule is O=c1[nH]c2cccc([N+](=O)[O-])c2cc1[N+](=O)[O-]. The molecule has 17 heavy (non-hydrogen) atoms. The molecule has 0 unspecified atom stereocenters. The Morgan fingerprint density at radius 1 is 1.06 bits per heavy atom. The minimum Gasteiger partial charge on any atom is -0.316 e. The number of nitro benzene ring substituents is 1. The monoisotopic (exact) mass is 235 g/mol. The van der Waals surface area contributed by atoms with Crippen LogP contribution in [0.4, 0.5) is 11.4 Å². The number of H-pyrrole nitrogens is 1. The Morgan fingerprint density at radius 2 is 1.71 bits per heavy atom. The van der Waals surface area contributed by atoms with Crippen molar-refractivity contribution in [3.8, 4) is 0 Å². The Balaban J connectivity index is 2.90. The van der Waals surface area contributed by atoms with Gasteiger partial charge in [-0.1, -0.05) is 6.07 Å². The lowest BCUT2D eigenvalue weighted by atomic mass is 10.2. The van der Waals surface area contributed by atoms with Gasteiger partial charge < -0.3 is 4.98 Å². The first kappa shape index (κ1) is 10.7. The number of pyridine rings is 1. The van der Waals surface area contributed by atoms with Gasteiger partial charge in [-0.05, 0) is 6.07 Å². The van der Waals surface area contributed by atoms with Crippen molar-refractivity contribution in [1.82, 2.24) is 4.98 Å². The highest BCUT2D eigenvalue weighted by atomic mass is 16.6. The van der Waals surface area contributed by atoms with Crippen LogP contribution in [0.1, 0.15) is 0 Å². The van der Waals surface area contributed by atoms with E-state index < -0.39 is 21.1 Å². The molecule has 0 amide bonds. The molecule has 2 aromatic rings. The molecule has 0 aliphatic rings. The lowest BCUT2D eigenvalue weighted by Gasteiger charge is -1.98. The van der Waals surface area contributed by atoms with E-state index in [1.807, 2.05) is 0 Å². The largest absolute Gasteiger partial charge is 0.334 e. The van der Waals surface area contributed by atoms with Crippen molar-refractivity contribution in [2.75, 3.05) is 0 Å². The van der Waals surface area contributed by atoms with Gasteiger partial charge in [-0.2, -0.15) is 0 Å². The highest BCUT2D eigenvalue weighted by Gasteiger charge is 2.18. The first-order valence-electron chi connectivity index (χ1n) is 4.45. The van der Waals surface area contributed by atoms with Crippen LogP contribution in [0.2, 0.25) is 0 Å². The van der Waals surface area contributed by atoms with Crippen LogP contribution in [0.15, 0.2) is 29.1 Å². The van der Waals surface area contributed by atoms with E-state index in [1.165, 1.54) is 18.2 Å². The Kier molecular flexibility index (Phi) is 2.32. The van der Waals surface area contributed by atoms with Crippen molar-refractivity contribution in [2.45, 2.75) is 0 Å². The minimum atomic E-state index is -0.886. The van der Waals surface area contributed by atoms with E-state index in [9.17, 15) is 25.0 Å². The third-order valence-electron chi connectivity index (χ3n) is 2.24. The van der Waals surface area contributed by atoms with E-state index in [1.54, 1.807) is 0 Å². The van der Waals surface area contributed by atoms with Crippen molar-refractivity contribution >= 4 is 22.3 Å². The summed E-state index contributed by atoms with van der Waals surface area (Å²) in [6.07, 6.45) is 0. The van der Waals surface area contributed by atoms with Crippen molar-refractivity contribution < 1.29 is 9.85 Å². The van der Waals surface area contributed by atoms with Gasteiger partial charge in [0.05, 0.1) is 20.7 Å². The maximum absolute atomic E-state index is 11.3. The van der Waals surface area contributed by atoms with Crippen molar-refractivity contribution in [2.24, 2.45) is 0 Å². The molecular formula is C9H5N3O5. The van der Waals surface area contributed by atoms with E-state index in [4.69, 9.17) is 0 Å². The third-order valence-corrected chi connectivity index (χ3v) is 2.24. The molecule has 8 nitrogen and oxygen atoms in total. The molecule has 0 atom stereocenters. The molecule has 8 heteroatoms. The summed E-state index contributed by atoms with van der Waals surface area (Å²) < 4.78 is 0. The molecule has 0 aliphatic carbocycles. The van der Waals surface area contributed by atoms with Crippen molar-refractivity contribution in [3.63, 3.8) is 0 Å². The van der Waals surface area contributed by atoms with Gasteiger partial charge in [0.25, 0.3) is 5.69 Å². The molecule has 2 rings (SSSR count). The third kappa shape index (κ3) is 1.71. The molecule has 1 N–H and O–H groups in total. The fourth-order valence-electron chi connectivity index (χ4n) is 1.50. The van der Waals surface area contributed by atoms with Gasteiger partial charge >= 0.3 is 11.2 Å². The average Bonchev–Trinajstić information content (AvgIpc) is 2.26. The summed E-state index contributed by atoms with van der Waals surface area (Å²) in [5.74, 6) is 0. The second-order valence-corrected chi connectivity index (χ2v) is 3.24. The number of aromatic amines is 1. The second kappa shape index (κ2) is 3.67. The summed E-state index contributed by atoms with van der Waals surface area (Å²) in [6.45, 7) is 0. The molecule has 0 radical (unpaired) electrons. The van der Waals surface area contributed by atoms with E-state index in [-0.39, 0.29) is 16.6 Å². The summed E-state index contributed by atoms with van der Waals surface area (Å²) >= 11 is 0. The van der Waals surface area contributed by atoms with Gasteiger partial charge in [0, 0.05) is 12.1 Å². The summed E-state index contributed by atoms with van der Waals surface area (Å²) in [4.78, 5) is 33.3. The fourth-order valence-corrected chi connectivity index (χ4v) is 1.50. The molecule has 0 bridgehead atoms. The lowest BCUT2D eigenvalue weighted by molar-refractivity contribution is -0.387. The number of rotatable bonds is 2. The molecular weight excluding hydrogens is 230 g/mol. The topological polar surface area (TPSA) is 119 Å². The van der Waals surface area contributed by atoms with Gasteiger partial charge in [-0.25, -0.2) is 0 Å².